The van der Waals surface area contributed by atoms with Crippen molar-refractivity contribution in [1.82, 2.24) is 63.4 Å². The Morgan fingerprint density at radius 1 is 0.682 bits per heavy atom. The second kappa shape index (κ2) is 40.2. The Morgan fingerprint density at radius 3 is 1.99 bits per heavy atom. The van der Waals surface area contributed by atoms with Gasteiger partial charge in [-0.15, -0.1) is 0 Å². The minimum absolute atomic E-state index is 0.0317. The van der Waals surface area contributed by atoms with Gasteiger partial charge in [-0.2, -0.15) is 0 Å². The van der Waals surface area contributed by atoms with Gasteiger partial charge >= 0.3 is 0 Å². The zero-order valence-electron chi connectivity index (χ0n) is 59.9. The molecular weight excluding hydrogens is 1430 g/mol. The number of guanidine groups is 1. The first-order valence-corrected chi connectivity index (χ1v) is 37.7. The molecule has 0 aliphatic carbocycles. The highest BCUT2D eigenvalue weighted by Crippen LogP contribution is 2.36. The van der Waals surface area contributed by atoms with Crippen LogP contribution in [0.15, 0.2) is 83.9 Å². The van der Waals surface area contributed by atoms with Crippen LogP contribution in [0.5, 0.6) is 5.75 Å². The lowest BCUT2D eigenvalue weighted by Gasteiger charge is -2.31. The maximum absolute atomic E-state index is 15.1. The molecular formula is C71H96N18O16S2. The summed E-state index contributed by atoms with van der Waals surface area (Å²) in [5, 5.41) is 54.8. The number of aliphatic hydroxyl groups is 1. The summed E-state index contributed by atoms with van der Waals surface area (Å²) in [6.07, 6.45) is -1.37. The molecule has 2 saturated heterocycles. The molecule has 5 aromatic rings. The van der Waals surface area contributed by atoms with Gasteiger partial charge in [0.15, 0.2) is 5.96 Å². The van der Waals surface area contributed by atoms with E-state index in [-0.39, 0.29) is 94.9 Å². The number of rotatable bonds is 31. The van der Waals surface area contributed by atoms with Crippen LogP contribution < -0.4 is 87.2 Å². The molecule has 14 amide bonds. The van der Waals surface area contributed by atoms with Crippen molar-refractivity contribution in [3.8, 4) is 5.75 Å². The molecule has 107 heavy (non-hydrogen) atoms. The molecule has 2 heterocycles. The van der Waals surface area contributed by atoms with Gasteiger partial charge in [0, 0.05) is 31.0 Å². The SMILES string of the molecule is CC[C@H](C)[C@H](NC(=O)[C@H](CCCN=C(N)N)NC(=O)CNC(=O)Cc1ccc2ccc3cccc4ccc1c2c34)C(=O)N[C@H]1CSSC[C@H](C(=O)N[C@H](C(=O)N[C@@H](CCCCN)C(=O)N[C@@H](Cc2ccc(O)cc2)C(N)=O)[C@H](C)O)NC(=O)CNC(=O)[C@H](CC(N)=O)NC(=O)[C@@H](C)NC(=O)[C@@H]2CCCN2C1=O. The topological polar surface area (TPSA) is 557 Å². The number of amides is 14. The normalized spacial score (nSPS) is 19.6. The molecule has 23 N–H and O–H groups in total. The Morgan fingerprint density at radius 2 is 1.33 bits per heavy atom. The third-order valence-electron chi connectivity index (χ3n) is 18.4. The number of fused-ring (bicyclic) bond motifs is 1. The number of hydrogen-bond donors (Lipinski definition) is 18. The van der Waals surface area contributed by atoms with Crippen molar-refractivity contribution in [2.75, 3.05) is 44.2 Å². The van der Waals surface area contributed by atoms with Crippen LogP contribution in [0.4, 0.5) is 0 Å². The minimum Gasteiger partial charge on any atom is -0.508 e. The van der Waals surface area contributed by atoms with Crippen molar-refractivity contribution in [3.05, 3.63) is 90.0 Å². The number of nitrogens with one attached hydrogen (secondary N) is 11. The highest BCUT2D eigenvalue weighted by atomic mass is 33.1. The van der Waals surface area contributed by atoms with E-state index >= 15 is 4.79 Å². The molecule has 578 valence electrons. The summed E-state index contributed by atoms with van der Waals surface area (Å²) in [6.45, 7) is 4.56. The molecule has 12 atom stereocenters. The van der Waals surface area contributed by atoms with E-state index in [1.165, 1.54) is 36.1 Å². The van der Waals surface area contributed by atoms with Gasteiger partial charge in [-0.1, -0.05) is 109 Å². The number of phenols is 1. The van der Waals surface area contributed by atoms with Crippen LogP contribution in [0.25, 0.3) is 32.3 Å². The van der Waals surface area contributed by atoms with Crippen molar-refractivity contribution in [1.29, 1.82) is 0 Å². The van der Waals surface area contributed by atoms with E-state index in [4.69, 9.17) is 28.7 Å². The van der Waals surface area contributed by atoms with Crippen LogP contribution in [0.3, 0.4) is 0 Å². The van der Waals surface area contributed by atoms with Gasteiger partial charge in [0.1, 0.15) is 66.2 Å². The summed E-state index contributed by atoms with van der Waals surface area (Å²) >= 11 is 0. The molecule has 34 nitrogen and oxygen atoms in total. The molecule has 0 spiro atoms. The first-order chi connectivity index (χ1) is 51.0. The van der Waals surface area contributed by atoms with E-state index in [1.807, 2.05) is 54.6 Å². The third kappa shape index (κ3) is 24.2. The highest BCUT2D eigenvalue weighted by Gasteiger charge is 2.41. The summed E-state index contributed by atoms with van der Waals surface area (Å²) in [5.41, 5.74) is 29.3. The molecule has 0 aromatic heterocycles. The van der Waals surface area contributed by atoms with Crippen molar-refractivity contribution < 1.29 is 77.3 Å². The van der Waals surface area contributed by atoms with E-state index in [2.05, 4.69) is 63.5 Å². The fourth-order valence-electron chi connectivity index (χ4n) is 12.4. The standard InChI is InChI=1S/C71H96N18O16S2/c1-5-36(2)59(87-65(100)46(14-9-27-77-71(75)76)81-55(94)32-78-54(93)30-43-21-20-42-19-18-40-11-8-12-41-22-25-45(43)58(42)57(40)41)68(103)86-51-35-107-106-34-50(82-56(95)33-79-63(98)49(31-53(73)92)85-62(97)37(3)80-67(102)52-15-10-28-89(52)70(51)105)66(101)88-60(38(4)90)69(104)83-47(13-6-7-26-72)64(99)84-48(61(74)96)29-39-16-23-44(91)24-17-39/h8,11-12,16-25,36-38,46-52,59-60,90-91H,5-7,9-10,13-15,26-35,72H2,1-4H3,(H2,73,92)(H2,74,96)(H,78,93)(H,79,98)(H,80,102)(H,81,94)(H,82,95)(H,83,104)(H,84,99)(H,85,97)(H,86,103)(H,87,100)(H,88,101)(H4,75,76,77)/t36-,37+,38-,46-,47-,48-,49-,50+,51-,52-,59-,60-/m0/s1. The number of aromatic hydroxyl groups is 1. The van der Waals surface area contributed by atoms with E-state index in [1.54, 1.807) is 13.8 Å². The van der Waals surface area contributed by atoms with Gasteiger partial charge in [0.2, 0.25) is 82.7 Å². The maximum atomic E-state index is 15.1. The van der Waals surface area contributed by atoms with Gasteiger partial charge in [-0.25, -0.2) is 0 Å². The summed E-state index contributed by atoms with van der Waals surface area (Å²) in [6, 6.07) is 8.65. The zero-order chi connectivity index (χ0) is 78.2. The fourth-order valence-corrected chi connectivity index (χ4v) is 14.7. The zero-order valence-corrected chi connectivity index (χ0v) is 61.5. The molecule has 0 radical (unpaired) electrons. The van der Waals surface area contributed by atoms with E-state index < -0.39 is 180 Å². The Kier molecular flexibility index (Phi) is 31.5. The summed E-state index contributed by atoms with van der Waals surface area (Å²) in [5.74, 6) is -14.5. The van der Waals surface area contributed by atoms with Crippen molar-refractivity contribution in [2.45, 2.75) is 165 Å². The number of aliphatic hydroxyl groups excluding tert-OH is 1. The second-order valence-corrected chi connectivity index (χ2v) is 29.1. The number of carbonyl (C=O) groups is 14. The van der Waals surface area contributed by atoms with Gasteiger partial charge < -0.3 is 102 Å². The van der Waals surface area contributed by atoms with Crippen LogP contribution in [-0.4, -0.2) is 215 Å². The van der Waals surface area contributed by atoms with Gasteiger partial charge in [0.05, 0.1) is 32.0 Å². The predicted octanol–water partition coefficient (Wildman–Crippen LogP) is -2.95. The molecule has 7 rings (SSSR count). The number of nitrogens with zero attached hydrogens (tertiary/aromatic N) is 2. The summed E-state index contributed by atoms with van der Waals surface area (Å²) in [7, 11) is 1.75. The summed E-state index contributed by atoms with van der Waals surface area (Å²) < 4.78 is 0. The number of phenolic OH excluding ortho intramolecular Hbond substituents is 1. The number of unbranched alkanes of at least 4 members (excludes halogenated alkanes) is 1. The van der Waals surface area contributed by atoms with E-state index in [0.717, 1.165) is 66.4 Å². The van der Waals surface area contributed by atoms with Gasteiger partial charge in [-0.3, -0.25) is 72.1 Å². The number of aliphatic imine (C=N–C) groups is 1. The Balaban J connectivity index is 1.11. The molecule has 36 heteroatoms. The van der Waals surface area contributed by atoms with Crippen LogP contribution in [0.2, 0.25) is 0 Å². The van der Waals surface area contributed by atoms with Crippen molar-refractivity contribution in [2.24, 2.45) is 39.6 Å². The Hall–Kier alpha value is -10.6. The largest absolute Gasteiger partial charge is 0.508 e. The average Bonchev–Trinajstić information content (AvgIpc) is 1.22. The molecule has 2 fully saturated rings. The molecule has 0 unspecified atom stereocenters. The lowest BCUT2D eigenvalue weighted by Crippen LogP contribution is -2.61. The number of benzene rings is 5. The lowest BCUT2D eigenvalue weighted by molar-refractivity contribution is -0.142. The molecule has 0 saturated carbocycles. The molecule has 2 aliphatic rings. The predicted molar refractivity (Wildman–Crippen MR) is 401 cm³/mol. The van der Waals surface area contributed by atoms with E-state index in [0.29, 0.717) is 12.0 Å². The quantitative estimate of drug-likeness (QED) is 0.00693. The van der Waals surface area contributed by atoms with Crippen molar-refractivity contribution >= 4 is 143 Å². The maximum Gasteiger partial charge on any atom is 0.246 e. The fraction of sp³-hybridized carbons (Fsp3) is 0.479. The number of primary amides is 2. The average molecular weight is 1520 g/mol. The first kappa shape index (κ1) is 83.7. The molecule has 0 bridgehead atoms. The minimum atomic E-state index is -1.86. The number of carbonyl (C=O) groups excluding carboxylic acids is 14. The first-order valence-electron chi connectivity index (χ1n) is 35.2. The second-order valence-electron chi connectivity index (χ2n) is 26.5. The van der Waals surface area contributed by atoms with Crippen LogP contribution in [0, 0.1) is 5.92 Å². The van der Waals surface area contributed by atoms with Gasteiger partial charge in [-0.05, 0) is 127 Å². The lowest BCUT2D eigenvalue weighted by atomic mass is 9.91. The number of nitrogens with two attached hydrogens (primary N) is 5. The number of hydrogen-bond acceptors (Lipinski definition) is 20. The van der Waals surface area contributed by atoms with Crippen molar-refractivity contribution in [3.63, 3.8) is 0 Å². The van der Waals surface area contributed by atoms with Crippen LogP contribution >= 0.6 is 21.6 Å². The van der Waals surface area contributed by atoms with Gasteiger partial charge in [0.25, 0.3) is 0 Å². The third-order valence-corrected chi connectivity index (χ3v) is 20.8. The smallest absolute Gasteiger partial charge is 0.246 e. The van der Waals surface area contributed by atoms with Crippen LogP contribution in [-0.2, 0) is 80.0 Å². The van der Waals surface area contributed by atoms with E-state index in [9.17, 15) is 72.5 Å². The Labute approximate surface area is 624 Å². The monoisotopic (exact) mass is 1520 g/mol. The Bertz CT molecular complexity index is 4070. The molecule has 5 aromatic carbocycles. The molecule has 2 aliphatic heterocycles. The summed E-state index contributed by atoms with van der Waals surface area (Å²) in [4.78, 5) is 200. The van der Waals surface area contributed by atoms with Crippen LogP contribution in [0.1, 0.15) is 96.6 Å². The highest BCUT2D eigenvalue weighted by molar-refractivity contribution is 8.76.